The van der Waals surface area contributed by atoms with E-state index in [9.17, 15) is 9.59 Å². The number of carbonyl (C=O) groups excluding carboxylic acids is 2. The first-order valence-electron chi connectivity index (χ1n) is 9.49. The minimum absolute atomic E-state index is 0.00652. The molecule has 5 nitrogen and oxygen atoms in total. The lowest BCUT2D eigenvalue weighted by Crippen LogP contribution is -2.30. The molecule has 0 fully saturated rings. The first-order valence-corrected chi connectivity index (χ1v) is 10.6. The first-order chi connectivity index (χ1) is 13.5. The molecule has 1 N–H and O–H groups in total. The Kier molecular flexibility index (Phi) is 8.88. The molecule has 0 saturated heterocycles. The monoisotopic (exact) mass is 400 g/mol. The fourth-order valence-electron chi connectivity index (χ4n) is 2.68. The summed E-state index contributed by atoms with van der Waals surface area (Å²) in [7, 11) is 0. The summed E-state index contributed by atoms with van der Waals surface area (Å²) < 4.78 is 5.67. The molecule has 0 bridgehead atoms. The Hall–Kier alpha value is -2.47. The number of hydrogen-bond donors (Lipinski definition) is 1. The summed E-state index contributed by atoms with van der Waals surface area (Å²) in [6, 6.07) is 14.9. The van der Waals surface area contributed by atoms with Crippen LogP contribution in [0.1, 0.15) is 29.8 Å². The van der Waals surface area contributed by atoms with Crippen LogP contribution in [-0.2, 0) is 4.79 Å². The van der Waals surface area contributed by atoms with E-state index >= 15 is 0 Å². The number of carbonyl (C=O) groups is 2. The number of nitrogens with zero attached hydrogens (tertiary/aromatic N) is 1. The predicted octanol–water partition coefficient (Wildman–Crippen LogP) is 4.23. The van der Waals surface area contributed by atoms with Gasteiger partial charge in [-0.1, -0.05) is 12.1 Å². The largest absolute Gasteiger partial charge is 0.493 e. The molecule has 2 aromatic carbocycles. The molecule has 0 radical (unpaired) electrons. The Labute approximate surface area is 171 Å². The van der Waals surface area contributed by atoms with Crippen LogP contribution in [0.2, 0.25) is 0 Å². The van der Waals surface area contributed by atoms with Gasteiger partial charge in [-0.05, 0) is 62.7 Å². The van der Waals surface area contributed by atoms with Gasteiger partial charge in [0.05, 0.1) is 12.4 Å². The topological polar surface area (TPSA) is 58.6 Å². The van der Waals surface area contributed by atoms with E-state index < -0.39 is 0 Å². The Morgan fingerprint density at radius 1 is 1.07 bits per heavy atom. The van der Waals surface area contributed by atoms with Crippen molar-refractivity contribution in [3.63, 3.8) is 0 Å². The number of aryl methyl sites for hydroxylation is 1. The molecular weight excluding hydrogens is 372 g/mol. The highest BCUT2D eigenvalue weighted by atomic mass is 32.2. The van der Waals surface area contributed by atoms with Gasteiger partial charge < -0.3 is 15.0 Å². The third kappa shape index (κ3) is 6.93. The first kappa shape index (κ1) is 21.8. The highest BCUT2D eigenvalue weighted by Gasteiger charge is 2.12. The maximum atomic E-state index is 12.3. The molecule has 6 heteroatoms. The van der Waals surface area contributed by atoms with Crippen LogP contribution in [0, 0.1) is 6.92 Å². The minimum Gasteiger partial charge on any atom is -0.493 e. The van der Waals surface area contributed by atoms with Crippen molar-refractivity contribution in [2.75, 3.05) is 36.5 Å². The molecule has 0 aliphatic carbocycles. The summed E-state index contributed by atoms with van der Waals surface area (Å²) in [5, 5.41) is 2.86. The van der Waals surface area contributed by atoms with Gasteiger partial charge in [0.2, 0.25) is 5.91 Å². The van der Waals surface area contributed by atoms with Crippen LogP contribution in [0.25, 0.3) is 0 Å². The molecule has 2 rings (SSSR count). The number of ether oxygens (including phenoxy) is 1. The predicted molar refractivity (Wildman–Crippen MR) is 116 cm³/mol. The summed E-state index contributed by atoms with van der Waals surface area (Å²) in [6.45, 7) is 7.86. The molecule has 28 heavy (non-hydrogen) atoms. The Morgan fingerprint density at radius 3 is 2.43 bits per heavy atom. The quantitative estimate of drug-likeness (QED) is 0.607. The van der Waals surface area contributed by atoms with Gasteiger partial charge in [0, 0.05) is 30.1 Å². The van der Waals surface area contributed by atoms with E-state index in [4.69, 9.17) is 4.74 Å². The summed E-state index contributed by atoms with van der Waals surface area (Å²) in [5.74, 6) is 1.88. The molecule has 0 saturated carbocycles. The van der Waals surface area contributed by atoms with E-state index in [2.05, 4.69) is 5.32 Å². The van der Waals surface area contributed by atoms with Crippen LogP contribution in [0.15, 0.2) is 48.5 Å². The van der Waals surface area contributed by atoms with Crippen LogP contribution in [0.3, 0.4) is 0 Å². The normalized spacial score (nSPS) is 10.4. The third-order valence-corrected chi connectivity index (χ3v) is 5.11. The van der Waals surface area contributed by atoms with Crippen LogP contribution in [-0.4, -0.2) is 47.9 Å². The van der Waals surface area contributed by atoms with Crippen molar-refractivity contribution in [3.8, 4) is 5.75 Å². The molecule has 0 atom stereocenters. The van der Waals surface area contributed by atoms with Gasteiger partial charge in [-0.25, -0.2) is 0 Å². The van der Waals surface area contributed by atoms with Crippen molar-refractivity contribution in [2.45, 2.75) is 20.8 Å². The summed E-state index contributed by atoms with van der Waals surface area (Å²) in [6.07, 6.45) is 0. The van der Waals surface area contributed by atoms with E-state index in [1.54, 1.807) is 29.2 Å². The lowest BCUT2D eigenvalue weighted by atomic mass is 10.2. The smallest absolute Gasteiger partial charge is 0.253 e. The van der Waals surface area contributed by atoms with Crippen LogP contribution in [0.5, 0.6) is 5.75 Å². The molecule has 0 spiro atoms. The second kappa shape index (κ2) is 11.4. The zero-order chi connectivity index (χ0) is 20.4. The van der Waals surface area contributed by atoms with Gasteiger partial charge in [0.15, 0.2) is 0 Å². The molecule has 0 heterocycles. The second-order valence-electron chi connectivity index (χ2n) is 6.32. The zero-order valence-electron chi connectivity index (χ0n) is 16.7. The SMILES string of the molecule is CCN(CC)C(=O)c1ccc(NC(=O)CSCCOc2cccc(C)c2)cc1. The zero-order valence-corrected chi connectivity index (χ0v) is 17.6. The van der Waals surface area contributed by atoms with Gasteiger partial charge in [-0.15, -0.1) is 11.8 Å². The van der Waals surface area contributed by atoms with Gasteiger partial charge in [0.25, 0.3) is 5.91 Å². The highest BCUT2D eigenvalue weighted by molar-refractivity contribution is 7.99. The fourth-order valence-corrected chi connectivity index (χ4v) is 3.28. The standard InChI is InChI=1S/C22H28N2O3S/c1-4-24(5-2)22(26)18-9-11-19(12-10-18)23-21(25)16-28-14-13-27-20-8-6-7-17(3)15-20/h6-12,15H,4-5,13-14,16H2,1-3H3,(H,23,25). The van der Waals surface area contributed by atoms with Gasteiger partial charge in [-0.2, -0.15) is 0 Å². The van der Waals surface area contributed by atoms with Crippen LogP contribution >= 0.6 is 11.8 Å². The number of rotatable bonds is 10. The summed E-state index contributed by atoms with van der Waals surface area (Å²) in [5.41, 5.74) is 2.48. The molecule has 150 valence electrons. The van der Waals surface area contributed by atoms with Crippen molar-refractivity contribution < 1.29 is 14.3 Å². The Balaban J connectivity index is 1.70. The van der Waals surface area contributed by atoms with Gasteiger partial charge >= 0.3 is 0 Å². The summed E-state index contributed by atoms with van der Waals surface area (Å²) >= 11 is 1.52. The van der Waals surface area contributed by atoms with Crippen molar-refractivity contribution in [1.82, 2.24) is 4.90 Å². The third-order valence-electron chi connectivity index (χ3n) is 4.19. The van der Waals surface area contributed by atoms with E-state index in [0.717, 1.165) is 17.1 Å². The fraction of sp³-hybridized carbons (Fsp3) is 0.364. The molecule has 2 amide bonds. The Bertz CT molecular complexity index is 774. The van der Waals surface area contributed by atoms with Gasteiger partial charge in [0.1, 0.15) is 5.75 Å². The van der Waals surface area contributed by atoms with Crippen LogP contribution < -0.4 is 10.1 Å². The molecule has 2 aromatic rings. The minimum atomic E-state index is -0.0663. The van der Waals surface area contributed by atoms with Crippen molar-refractivity contribution in [3.05, 3.63) is 59.7 Å². The van der Waals surface area contributed by atoms with Gasteiger partial charge in [-0.3, -0.25) is 9.59 Å². The molecular formula is C22H28N2O3S. The molecule has 0 aromatic heterocycles. The molecule has 0 unspecified atom stereocenters. The lowest BCUT2D eigenvalue weighted by Gasteiger charge is -2.18. The summed E-state index contributed by atoms with van der Waals surface area (Å²) in [4.78, 5) is 26.1. The van der Waals surface area contributed by atoms with E-state index in [1.807, 2.05) is 45.0 Å². The highest BCUT2D eigenvalue weighted by Crippen LogP contribution is 2.14. The Morgan fingerprint density at radius 2 is 1.79 bits per heavy atom. The molecule has 0 aliphatic rings. The van der Waals surface area contributed by atoms with Crippen molar-refractivity contribution in [2.24, 2.45) is 0 Å². The maximum Gasteiger partial charge on any atom is 0.253 e. The molecule has 0 aliphatic heterocycles. The van der Waals surface area contributed by atoms with E-state index in [1.165, 1.54) is 11.8 Å². The average molecular weight is 401 g/mol. The number of hydrogen-bond acceptors (Lipinski definition) is 4. The average Bonchev–Trinajstić information content (AvgIpc) is 2.69. The maximum absolute atomic E-state index is 12.3. The van der Waals surface area contributed by atoms with E-state index in [0.29, 0.717) is 36.7 Å². The second-order valence-corrected chi connectivity index (χ2v) is 7.43. The van der Waals surface area contributed by atoms with Crippen LogP contribution in [0.4, 0.5) is 5.69 Å². The van der Waals surface area contributed by atoms with Crippen molar-refractivity contribution >= 4 is 29.3 Å². The number of thioether (sulfide) groups is 1. The van der Waals surface area contributed by atoms with E-state index in [-0.39, 0.29) is 11.8 Å². The number of amides is 2. The number of nitrogens with one attached hydrogen (secondary N) is 1. The number of benzene rings is 2. The van der Waals surface area contributed by atoms with Crippen molar-refractivity contribution in [1.29, 1.82) is 0 Å². The number of anilines is 1. The lowest BCUT2D eigenvalue weighted by molar-refractivity contribution is -0.113.